The van der Waals surface area contributed by atoms with E-state index < -0.39 is 5.97 Å². The average Bonchev–Trinajstić information content (AvgIpc) is 2.82. The monoisotopic (exact) mass is 298 g/mol. The summed E-state index contributed by atoms with van der Waals surface area (Å²) in [4.78, 5) is 28.6. The van der Waals surface area contributed by atoms with E-state index in [0.717, 1.165) is 10.7 Å². The summed E-state index contributed by atoms with van der Waals surface area (Å²) in [6, 6.07) is 0. The number of rotatable bonds is 5. The predicted molar refractivity (Wildman–Crippen MR) is 73.7 cm³/mol. The number of likely N-dealkylation sites (tertiary alicyclic amines) is 1. The molecule has 0 spiro atoms. The largest absolute Gasteiger partial charge is 0.480 e. The first-order chi connectivity index (χ1) is 9.54. The van der Waals surface area contributed by atoms with Crippen molar-refractivity contribution in [3.63, 3.8) is 0 Å². The Morgan fingerprint density at radius 2 is 2.20 bits per heavy atom. The molecule has 0 aliphatic carbocycles. The van der Waals surface area contributed by atoms with E-state index in [4.69, 9.17) is 9.84 Å². The zero-order valence-corrected chi connectivity index (χ0v) is 12.2. The van der Waals surface area contributed by atoms with Crippen LogP contribution in [0.1, 0.15) is 23.5 Å². The van der Waals surface area contributed by atoms with Gasteiger partial charge in [-0.05, 0) is 19.8 Å². The summed E-state index contributed by atoms with van der Waals surface area (Å²) >= 11 is 1.55. The number of thiazole rings is 1. The van der Waals surface area contributed by atoms with Gasteiger partial charge >= 0.3 is 5.97 Å². The summed E-state index contributed by atoms with van der Waals surface area (Å²) in [5, 5.41) is 11.4. The SMILES string of the molecule is Cc1nc(CC(=O)N2CCC(OCC(=O)O)CC2)cs1. The van der Waals surface area contributed by atoms with Crippen LogP contribution < -0.4 is 0 Å². The van der Waals surface area contributed by atoms with Crippen LogP contribution in [0.4, 0.5) is 0 Å². The maximum absolute atomic E-state index is 12.1. The minimum Gasteiger partial charge on any atom is -0.480 e. The molecule has 0 atom stereocenters. The van der Waals surface area contributed by atoms with Gasteiger partial charge in [-0.3, -0.25) is 4.79 Å². The number of aromatic nitrogens is 1. The molecule has 1 N–H and O–H groups in total. The second kappa shape index (κ2) is 6.81. The van der Waals surface area contributed by atoms with E-state index in [-0.39, 0.29) is 18.6 Å². The Morgan fingerprint density at radius 3 is 2.75 bits per heavy atom. The van der Waals surface area contributed by atoms with Crippen LogP contribution in [0.3, 0.4) is 0 Å². The molecule has 2 heterocycles. The number of nitrogens with zero attached hydrogens (tertiary/aromatic N) is 2. The van der Waals surface area contributed by atoms with Gasteiger partial charge in [0.2, 0.25) is 5.91 Å². The van der Waals surface area contributed by atoms with E-state index >= 15 is 0 Å². The Bertz CT molecular complexity index is 480. The van der Waals surface area contributed by atoms with Gasteiger partial charge in [-0.15, -0.1) is 11.3 Å². The van der Waals surface area contributed by atoms with Crippen LogP contribution in [0.15, 0.2) is 5.38 Å². The van der Waals surface area contributed by atoms with Crippen molar-refractivity contribution in [2.75, 3.05) is 19.7 Å². The zero-order chi connectivity index (χ0) is 14.5. The fraction of sp³-hybridized carbons (Fsp3) is 0.615. The van der Waals surface area contributed by atoms with E-state index in [1.54, 1.807) is 16.2 Å². The first kappa shape index (κ1) is 14.9. The third kappa shape index (κ3) is 4.28. The first-order valence-electron chi connectivity index (χ1n) is 6.57. The van der Waals surface area contributed by atoms with E-state index in [1.165, 1.54) is 0 Å². The lowest BCUT2D eigenvalue weighted by Gasteiger charge is -2.31. The molecule has 1 aromatic rings. The van der Waals surface area contributed by atoms with Gasteiger partial charge in [-0.25, -0.2) is 9.78 Å². The van der Waals surface area contributed by atoms with Gasteiger partial charge in [0.15, 0.2) is 0 Å². The van der Waals surface area contributed by atoms with Gasteiger partial charge in [0.05, 0.1) is 23.2 Å². The predicted octanol–water partition coefficient (Wildman–Crippen LogP) is 1.09. The smallest absolute Gasteiger partial charge is 0.329 e. The highest BCUT2D eigenvalue weighted by molar-refractivity contribution is 7.09. The number of carbonyl (C=O) groups is 2. The standard InChI is InChI=1S/C13H18N2O4S/c1-9-14-10(8-20-9)6-12(16)15-4-2-11(3-5-15)19-7-13(17)18/h8,11H,2-7H2,1H3,(H,17,18). The molecule has 0 radical (unpaired) electrons. The summed E-state index contributed by atoms with van der Waals surface area (Å²) in [5.74, 6) is -0.880. The van der Waals surface area contributed by atoms with Gasteiger partial charge in [-0.1, -0.05) is 0 Å². The number of aliphatic carboxylic acids is 1. The number of carbonyl (C=O) groups excluding carboxylic acids is 1. The van der Waals surface area contributed by atoms with Crippen LogP contribution in [0.5, 0.6) is 0 Å². The summed E-state index contributed by atoms with van der Waals surface area (Å²) in [5.41, 5.74) is 0.821. The Morgan fingerprint density at radius 1 is 1.50 bits per heavy atom. The van der Waals surface area contributed by atoms with Gasteiger partial charge in [0.1, 0.15) is 6.61 Å². The van der Waals surface area contributed by atoms with Crippen molar-refractivity contribution in [3.05, 3.63) is 16.1 Å². The van der Waals surface area contributed by atoms with Crippen LogP contribution in [0, 0.1) is 6.92 Å². The number of amides is 1. The van der Waals surface area contributed by atoms with Gasteiger partial charge in [0.25, 0.3) is 0 Å². The second-order valence-electron chi connectivity index (χ2n) is 4.82. The number of hydrogen-bond acceptors (Lipinski definition) is 5. The summed E-state index contributed by atoms with van der Waals surface area (Å²) in [7, 11) is 0. The fourth-order valence-electron chi connectivity index (χ4n) is 2.22. The lowest BCUT2D eigenvalue weighted by molar-refractivity contribution is -0.146. The topological polar surface area (TPSA) is 79.7 Å². The Hall–Kier alpha value is -1.47. The van der Waals surface area contributed by atoms with Crippen LogP contribution in [-0.2, 0) is 20.7 Å². The lowest BCUT2D eigenvalue weighted by atomic mass is 10.1. The molecule has 1 saturated heterocycles. The van der Waals surface area contributed by atoms with Crippen molar-refractivity contribution in [3.8, 4) is 0 Å². The molecular weight excluding hydrogens is 280 g/mol. The van der Waals surface area contributed by atoms with Gasteiger partial charge in [-0.2, -0.15) is 0 Å². The molecule has 1 aliphatic rings. The van der Waals surface area contributed by atoms with Gasteiger partial charge < -0.3 is 14.7 Å². The van der Waals surface area contributed by atoms with Crippen molar-refractivity contribution in [1.82, 2.24) is 9.88 Å². The molecule has 0 bridgehead atoms. The molecular formula is C13H18N2O4S. The minimum atomic E-state index is -0.956. The molecule has 1 fully saturated rings. The number of ether oxygens (including phenoxy) is 1. The quantitative estimate of drug-likeness (QED) is 0.880. The minimum absolute atomic E-state index is 0.0586. The molecule has 1 aromatic heterocycles. The number of carboxylic acids is 1. The maximum atomic E-state index is 12.1. The summed E-state index contributed by atoms with van der Waals surface area (Å²) < 4.78 is 5.25. The molecule has 7 heteroatoms. The summed E-state index contributed by atoms with van der Waals surface area (Å²) in [6.45, 7) is 2.89. The lowest BCUT2D eigenvalue weighted by Crippen LogP contribution is -2.42. The highest BCUT2D eigenvalue weighted by Gasteiger charge is 2.24. The number of aryl methyl sites for hydroxylation is 1. The van der Waals surface area contributed by atoms with Crippen molar-refractivity contribution < 1.29 is 19.4 Å². The van der Waals surface area contributed by atoms with E-state index in [1.807, 2.05) is 12.3 Å². The molecule has 1 amide bonds. The van der Waals surface area contributed by atoms with Gasteiger partial charge in [0, 0.05) is 18.5 Å². The molecule has 0 aromatic carbocycles. The molecule has 110 valence electrons. The van der Waals surface area contributed by atoms with E-state index in [9.17, 15) is 9.59 Å². The number of hydrogen-bond donors (Lipinski definition) is 1. The number of piperidine rings is 1. The maximum Gasteiger partial charge on any atom is 0.329 e. The Labute approximate surface area is 121 Å². The number of carboxylic acid groups (broad SMARTS) is 1. The molecule has 6 nitrogen and oxygen atoms in total. The van der Waals surface area contributed by atoms with Crippen molar-refractivity contribution in [2.24, 2.45) is 0 Å². The highest BCUT2D eigenvalue weighted by atomic mass is 32.1. The molecule has 20 heavy (non-hydrogen) atoms. The van der Waals surface area contributed by atoms with E-state index in [0.29, 0.717) is 32.4 Å². The van der Waals surface area contributed by atoms with Crippen molar-refractivity contribution in [2.45, 2.75) is 32.3 Å². The molecule has 0 unspecified atom stereocenters. The van der Waals surface area contributed by atoms with Crippen LogP contribution >= 0.6 is 11.3 Å². The molecule has 0 saturated carbocycles. The molecule has 2 rings (SSSR count). The Kier molecular flexibility index (Phi) is 5.08. The first-order valence-corrected chi connectivity index (χ1v) is 7.44. The third-order valence-corrected chi connectivity index (χ3v) is 4.06. The van der Waals surface area contributed by atoms with Crippen LogP contribution in [0.25, 0.3) is 0 Å². The summed E-state index contributed by atoms with van der Waals surface area (Å²) in [6.07, 6.45) is 1.66. The highest BCUT2D eigenvalue weighted by Crippen LogP contribution is 2.16. The van der Waals surface area contributed by atoms with Crippen LogP contribution in [-0.4, -0.2) is 52.7 Å². The molecule has 1 aliphatic heterocycles. The normalized spacial score (nSPS) is 16.4. The van der Waals surface area contributed by atoms with Crippen LogP contribution in [0.2, 0.25) is 0 Å². The second-order valence-corrected chi connectivity index (χ2v) is 5.88. The Balaban J connectivity index is 1.75. The fourth-order valence-corrected chi connectivity index (χ4v) is 2.83. The zero-order valence-electron chi connectivity index (χ0n) is 11.4. The van der Waals surface area contributed by atoms with Crippen molar-refractivity contribution in [1.29, 1.82) is 0 Å². The average molecular weight is 298 g/mol. The van der Waals surface area contributed by atoms with E-state index in [2.05, 4.69) is 4.98 Å². The third-order valence-electron chi connectivity index (χ3n) is 3.24. The van der Waals surface area contributed by atoms with Crippen molar-refractivity contribution >= 4 is 23.2 Å².